The van der Waals surface area contributed by atoms with Crippen LogP contribution in [0, 0.1) is 0 Å². The minimum atomic E-state index is -0.543. The first-order valence-electron chi connectivity index (χ1n) is 8.17. The Labute approximate surface area is 150 Å². The fourth-order valence-electron chi connectivity index (χ4n) is 2.79. The van der Waals surface area contributed by atoms with Crippen LogP contribution < -0.4 is 10.5 Å². The maximum absolute atomic E-state index is 12.7. The van der Waals surface area contributed by atoms with Crippen molar-refractivity contribution in [3.8, 4) is 5.75 Å². The van der Waals surface area contributed by atoms with Gasteiger partial charge in [-0.25, -0.2) is 0 Å². The van der Waals surface area contributed by atoms with E-state index >= 15 is 0 Å². The Morgan fingerprint density at radius 3 is 2.60 bits per heavy atom. The number of nitrogens with two attached hydrogens (primary N) is 1. The summed E-state index contributed by atoms with van der Waals surface area (Å²) in [6.07, 6.45) is 0. The van der Waals surface area contributed by atoms with Crippen molar-refractivity contribution in [1.29, 1.82) is 0 Å². The van der Waals surface area contributed by atoms with E-state index in [1.54, 1.807) is 35.6 Å². The normalized spacial score (nSPS) is 15.1. The summed E-state index contributed by atoms with van der Waals surface area (Å²) in [6.45, 7) is 3.88. The van der Waals surface area contributed by atoms with E-state index in [0.29, 0.717) is 24.4 Å². The van der Waals surface area contributed by atoms with Crippen LogP contribution in [0.4, 0.5) is 0 Å². The lowest BCUT2D eigenvalue weighted by Gasteiger charge is -2.34. The van der Waals surface area contributed by atoms with E-state index in [9.17, 15) is 9.59 Å². The molecule has 2 N–H and O–H groups in total. The van der Waals surface area contributed by atoms with Crippen molar-refractivity contribution in [2.75, 3.05) is 32.8 Å². The van der Waals surface area contributed by atoms with Gasteiger partial charge >= 0.3 is 0 Å². The van der Waals surface area contributed by atoms with Crippen LogP contribution in [0.25, 0.3) is 0 Å². The van der Waals surface area contributed by atoms with Gasteiger partial charge in [0.15, 0.2) is 6.61 Å². The number of benzene rings is 1. The highest BCUT2D eigenvalue weighted by Crippen LogP contribution is 2.17. The molecular formula is C18H21N3O3S. The van der Waals surface area contributed by atoms with Gasteiger partial charge in [-0.15, -0.1) is 11.3 Å². The van der Waals surface area contributed by atoms with Gasteiger partial charge in [-0.1, -0.05) is 12.1 Å². The van der Waals surface area contributed by atoms with Crippen LogP contribution in [0.1, 0.15) is 15.2 Å². The van der Waals surface area contributed by atoms with Crippen molar-refractivity contribution in [3.63, 3.8) is 0 Å². The SMILES string of the molecule is NC(=O)COc1cccc(C(=O)N2CCN(Cc3cccs3)CC2)c1. The largest absolute Gasteiger partial charge is 0.484 e. The van der Waals surface area contributed by atoms with Crippen molar-refractivity contribution >= 4 is 23.2 Å². The molecule has 0 radical (unpaired) electrons. The second-order valence-electron chi connectivity index (χ2n) is 5.93. The maximum Gasteiger partial charge on any atom is 0.255 e. The van der Waals surface area contributed by atoms with Crippen molar-refractivity contribution < 1.29 is 14.3 Å². The number of carbonyl (C=O) groups is 2. The Balaban J connectivity index is 1.55. The van der Waals surface area contributed by atoms with Crippen LogP contribution in [0.3, 0.4) is 0 Å². The number of primary amides is 1. The summed E-state index contributed by atoms with van der Waals surface area (Å²) in [6, 6.07) is 11.1. The second-order valence-corrected chi connectivity index (χ2v) is 6.96. The number of nitrogens with zero attached hydrogens (tertiary/aromatic N) is 2. The zero-order valence-corrected chi connectivity index (χ0v) is 14.7. The molecule has 0 unspecified atom stereocenters. The number of amides is 2. The van der Waals surface area contributed by atoms with Gasteiger partial charge in [0.05, 0.1) is 0 Å². The smallest absolute Gasteiger partial charge is 0.255 e. The number of piperazine rings is 1. The number of carbonyl (C=O) groups excluding carboxylic acids is 2. The molecule has 2 amide bonds. The van der Waals surface area contributed by atoms with E-state index in [1.807, 2.05) is 4.90 Å². The highest BCUT2D eigenvalue weighted by Gasteiger charge is 2.22. The van der Waals surface area contributed by atoms with Gasteiger partial charge in [-0.2, -0.15) is 0 Å². The van der Waals surface area contributed by atoms with E-state index in [0.717, 1.165) is 19.6 Å². The third kappa shape index (κ3) is 4.80. The molecule has 6 nitrogen and oxygen atoms in total. The van der Waals surface area contributed by atoms with E-state index < -0.39 is 5.91 Å². The van der Waals surface area contributed by atoms with E-state index in [2.05, 4.69) is 22.4 Å². The second kappa shape index (κ2) is 8.13. The highest BCUT2D eigenvalue weighted by atomic mass is 32.1. The summed E-state index contributed by atoms with van der Waals surface area (Å²) < 4.78 is 5.27. The van der Waals surface area contributed by atoms with Crippen LogP contribution in [-0.2, 0) is 11.3 Å². The molecule has 7 heteroatoms. The highest BCUT2D eigenvalue weighted by molar-refractivity contribution is 7.09. The van der Waals surface area contributed by atoms with Gasteiger partial charge in [-0.3, -0.25) is 14.5 Å². The Bertz CT molecular complexity index is 725. The van der Waals surface area contributed by atoms with Gasteiger partial charge in [0.2, 0.25) is 0 Å². The van der Waals surface area contributed by atoms with Crippen LogP contribution >= 0.6 is 11.3 Å². The summed E-state index contributed by atoms with van der Waals surface area (Å²) in [4.78, 5) is 29.0. The molecule has 1 aliphatic heterocycles. The molecule has 1 aromatic carbocycles. The average Bonchev–Trinajstić information content (AvgIpc) is 3.13. The zero-order valence-electron chi connectivity index (χ0n) is 13.9. The van der Waals surface area contributed by atoms with Gasteiger partial charge in [-0.05, 0) is 29.6 Å². The molecule has 25 heavy (non-hydrogen) atoms. The molecule has 1 aliphatic rings. The molecule has 1 aromatic heterocycles. The molecule has 2 heterocycles. The number of ether oxygens (including phenoxy) is 1. The molecule has 3 rings (SSSR count). The van der Waals surface area contributed by atoms with Crippen molar-refractivity contribution in [3.05, 3.63) is 52.2 Å². The Hall–Kier alpha value is -2.38. The van der Waals surface area contributed by atoms with E-state index in [1.165, 1.54) is 4.88 Å². The molecule has 0 bridgehead atoms. The van der Waals surface area contributed by atoms with Crippen LogP contribution in [0.5, 0.6) is 5.75 Å². The summed E-state index contributed by atoms with van der Waals surface area (Å²) in [5, 5.41) is 2.09. The summed E-state index contributed by atoms with van der Waals surface area (Å²) >= 11 is 1.76. The molecular weight excluding hydrogens is 338 g/mol. The van der Waals surface area contributed by atoms with E-state index in [4.69, 9.17) is 10.5 Å². The molecule has 0 saturated carbocycles. The minimum Gasteiger partial charge on any atom is -0.484 e. The molecule has 0 spiro atoms. The lowest BCUT2D eigenvalue weighted by atomic mass is 10.1. The van der Waals surface area contributed by atoms with Gasteiger partial charge < -0.3 is 15.4 Å². The van der Waals surface area contributed by atoms with Crippen molar-refractivity contribution in [1.82, 2.24) is 9.80 Å². The molecule has 132 valence electrons. The summed E-state index contributed by atoms with van der Waals surface area (Å²) in [5.74, 6) is -0.0835. The Morgan fingerprint density at radius 2 is 1.92 bits per heavy atom. The van der Waals surface area contributed by atoms with Crippen molar-refractivity contribution in [2.24, 2.45) is 5.73 Å². The molecule has 1 saturated heterocycles. The number of hydrogen-bond acceptors (Lipinski definition) is 5. The summed E-state index contributed by atoms with van der Waals surface area (Å²) in [7, 11) is 0. The Kier molecular flexibility index (Phi) is 5.67. The van der Waals surface area contributed by atoms with Gasteiger partial charge in [0.1, 0.15) is 5.75 Å². The topological polar surface area (TPSA) is 75.9 Å². The predicted octanol–water partition coefficient (Wildman–Crippen LogP) is 1.57. The molecule has 0 atom stereocenters. The number of rotatable bonds is 6. The van der Waals surface area contributed by atoms with Crippen LogP contribution in [0.15, 0.2) is 41.8 Å². The van der Waals surface area contributed by atoms with Gasteiger partial charge in [0, 0.05) is 43.2 Å². The van der Waals surface area contributed by atoms with Gasteiger partial charge in [0.25, 0.3) is 11.8 Å². The third-order valence-corrected chi connectivity index (χ3v) is 4.94. The average molecular weight is 359 g/mol. The first-order valence-corrected chi connectivity index (χ1v) is 9.05. The number of hydrogen-bond donors (Lipinski definition) is 1. The van der Waals surface area contributed by atoms with E-state index in [-0.39, 0.29) is 12.5 Å². The van der Waals surface area contributed by atoms with Crippen molar-refractivity contribution in [2.45, 2.75) is 6.54 Å². The summed E-state index contributed by atoms with van der Waals surface area (Å²) in [5.41, 5.74) is 5.64. The lowest BCUT2D eigenvalue weighted by Crippen LogP contribution is -2.48. The molecule has 2 aromatic rings. The lowest BCUT2D eigenvalue weighted by molar-refractivity contribution is -0.119. The zero-order chi connectivity index (χ0) is 17.6. The fraction of sp³-hybridized carbons (Fsp3) is 0.333. The monoisotopic (exact) mass is 359 g/mol. The standard InChI is InChI=1S/C18H21N3O3S/c19-17(22)13-24-15-4-1-3-14(11-15)18(23)21-8-6-20(7-9-21)12-16-5-2-10-25-16/h1-5,10-11H,6-9,12-13H2,(H2,19,22). The molecule has 1 fully saturated rings. The first kappa shape index (κ1) is 17.4. The maximum atomic E-state index is 12.7. The van der Waals surface area contributed by atoms with Crippen LogP contribution in [-0.4, -0.2) is 54.4 Å². The third-order valence-electron chi connectivity index (χ3n) is 4.08. The Morgan fingerprint density at radius 1 is 1.12 bits per heavy atom. The molecule has 0 aliphatic carbocycles. The quantitative estimate of drug-likeness (QED) is 0.849. The minimum absolute atomic E-state index is 0.0136. The fourth-order valence-corrected chi connectivity index (χ4v) is 3.53. The first-order chi connectivity index (χ1) is 12.1. The number of thiophene rings is 1. The predicted molar refractivity (Wildman–Crippen MR) is 96.6 cm³/mol. The van der Waals surface area contributed by atoms with Crippen LogP contribution in [0.2, 0.25) is 0 Å².